The zero-order valence-corrected chi connectivity index (χ0v) is 17.0. The standard InChI is InChI=1S/C23H34O4/c1-14(24)17-6-7-18-16-5-4-15-12-23(26-10-11-27-23)9-8-21(15,2)20(16)19(25)13-22(17,18)3/h4,16-20,25H,5-13H2,1-3H3. The van der Waals surface area contributed by atoms with Gasteiger partial charge in [0.25, 0.3) is 0 Å². The molecule has 0 aromatic carbocycles. The number of carbonyl (C=O) groups excluding carboxylic acids is 1. The first kappa shape index (κ1) is 18.3. The fourth-order valence-electron chi connectivity index (χ4n) is 8.15. The second-order valence-corrected chi connectivity index (χ2v) is 10.5. The molecule has 0 amide bonds. The third kappa shape index (κ3) is 2.42. The number of aliphatic hydroxyl groups is 1. The van der Waals surface area contributed by atoms with E-state index in [0.29, 0.717) is 36.8 Å². The third-order valence-electron chi connectivity index (χ3n) is 9.35. The Morgan fingerprint density at radius 2 is 1.93 bits per heavy atom. The lowest BCUT2D eigenvalue weighted by Crippen LogP contribution is -2.57. The lowest BCUT2D eigenvalue weighted by Gasteiger charge is -2.60. The number of ketones is 1. The summed E-state index contributed by atoms with van der Waals surface area (Å²) >= 11 is 0. The van der Waals surface area contributed by atoms with Crippen molar-refractivity contribution in [1.82, 2.24) is 0 Å². The second-order valence-electron chi connectivity index (χ2n) is 10.5. The Morgan fingerprint density at radius 1 is 1.19 bits per heavy atom. The van der Waals surface area contributed by atoms with E-state index in [1.807, 2.05) is 0 Å². The van der Waals surface area contributed by atoms with Crippen LogP contribution >= 0.6 is 0 Å². The first-order chi connectivity index (χ1) is 12.8. The van der Waals surface area contributed by atoms with Crippen molar-refractivity contribution in [2.24, 2.45) is 34.5 Å². The van der Waals surface area contributed by atoms with E-state index in [9.17, 15) is 9.90 Å². The van der Waals surface area contributed by atoms with Crippen LogP contribution in [0.1, 0.15) is 65.7 Å². The molecule has 4 nitrogen and oxygen atoms in total. The van der Waals surface area contributed by atoms with Gasteiger partial charge in [-0.2, -0.15) is 0 Å². The molecule has 150 valence electrons. The minimum absolute atomic E-state index is 0.0261. The molecule has 5 aliphatic rings. The molecule has 1 aliphatic heterocycles. The Labute approximate surface area is 162 Å². The summed E-state index contributed by atoms with van der Waals surface area (Å²) in [5, 5.41) is 11.4. The van der Waals surface area contributed by atoms with Gasteiger partial charge in [0.1, 0.15) is 5.78 Å². The van der Waals surface area contributed by atoms with Crippen molar-refractivity contribution in [2.45, 2.75) is 77.6 Å². The predicted molar refractivity (Wildman–Crippen MR) is 102 cm³/mol. The highest BCUT2D eigenvalue weighted by Crippen LogP contribution is 2.67. The number of fused-ring (bicyclic) bond motifs is 5. The Balaban J connectivity index is 1.49. The molecule has 27 heavy (non-hydrogen) atoms. The summed E-state index contributed by atoms with van der Waals surface area (Å²) in [5.74, 6) is 1.41. The summed E-state index contributed by atoms with van der Waals surface area (Å²) in [6.07, 6.45) is 8.91. The van der Waals surface area contributed by atoms with Crippen LogP contribution in [-0.2, 0) is 14.3 Å². The van der Waals surface area contributed by atoms with E-state index >= 15 is 0 Å². The summed E-state index contributed by atoms with van der Waals surface area (Å²) in [7, 11) is 0. The Kier molecular flexibility index (Phi) is 4.00. The molecule has 7 atom stereocenters. The van der Waals surface area contributed by atoms with Gasteiger partial charge < -0.3 is 14.6 Å². The van der Waals surface area contributed by atoms with E-state index in [2.05, 4.69) is 19.9 Å². The van der Waals surface area contributed by atoms with Crippen LogP contribution < -0.4 is 0 Å². The molecule has 1 spiro atoms. The zero-order chi connectivity index (χ0) is 19.0. The highest BCUT2D eigenvalue weighted by atomic mass is 16.7. The molecule has 4 fully saturated rings. The van der Waals surface area contributed by atoms with E-state index in [1.165, 1.54) is 5.57 Å². The molecule has 1 N–H and O–H groups in total. The van der Waals surface area contributed by atoms with Crippen molar-refractivity contribution < 1.29 is 19.4 Å². The van der Waals surface area contributed by atoms with E-state index in [0.717, 1.165) is 44.9 Å². The van der Waals surface area contributed by atoms with Crippen LogP contribution in [0.2, 0.25) is 0 Å². The molecule has 7 unspecified atom stereocenters. The highest BCUT2D eigenvalue weighted by Gasteiger charge is 2.63. The van der Waals surface area contributed by atoms with Crippen LogP contribution in [0.5, 0.6) is 0 Å². The summed E-state index contributed by atoms with van der Waals surface area (Å²) in [5.41, 5.74) is 1.46. The smallest absolute Gasteiger partial charge is 0.172 e. The SMILES string of the molecule is CC(=O)C1CCC2C3CC=C4CC5(CCC4(C)C3C(O)CC12C)OCCO5. The lowest BCUT2D eigenvalue weighted by atomic mass is 9.46. The molecule has 1 saturated heterocycles. The molecular formula is C23H34O4. The monoisotopic (exact) mass is 374 g/mol. The van der Waals surface area contributed by atoms with Gasteiger partial charge in [-0.05, 0) is 67.6 Å². The van der Waals surface area contributed by atoms with Crippen LogP contribution in [0.3, 0.4) is 0 Å². The average molecular weight is 375 g/mol. The molecule has 4 aliphatic carbocycles. The number of carbonyl (C=O) groups is 1. The maximum Gasteiger partial charge on any atom is 0.172 e. The normalized spacial score (nSPS) is 50.7. The van der Waals surface area contributed by atoms with Crippen LogP contribution in [0, 0.1) is 34.5 Å². The van der Waals surface area contributed by atoms with Gasteiger partial charge in [0.05, 0.1) is 19.3 Å². The highest BCUT2D eigenvalue weighted by molar-refractivity contribution is 5.79. The van der Waals surface area contributed by atoms with Crippen molar-refractivity contribution >= 4 is 5.78 Å². The van der Waals surface area contributed by atoms with Crippen LogP contribution in [0.4, 0.5) is 0 Å². The summed E-state index contributed by atoms with van der Waals surface area (Å²) in [6.45, 7) is 7.81. The van der Waals surface area contributed by atoms with Gasteiger partial charge in [-0.1, -0.05) is 25.5 Å². The lowest BCUT2D eigenvalue weighted by molar-refractivity contribution is -0.194. The van der Waals surface area contributed by atoms with E-state index in [-0.39, 0.29) is 22.9 Å². The van der Waals surface area contributed by atoms with Gasteiger partial charge in [0.2, 0.25) is 0 Å². The minimum atomic E-state index is -0.403. The summed E-state index contributed by atoms with van der Waals surface area (Å²) in [6, 6.07) is 0. The molecule has 0 radical (unpaired) electrons. The van der Waals surface area contributed by atoms with Gasteiger partial charge in [-0.25, -0.2) is 0 Å². The van der Waals surface area contributed by atoms with E-state index in [4.69, 9.17) is 9.47 Å². The maximum atomic E-state index is 12.3. The molecule has 5 rings (SSSR count). The van der Waals surface area contributed by atoms with Gasteiger partial charge in [-0.15, -0.1) is 0 Å². The van der Waals surface area contributed by atoms with Gasteiger partial charge in [-0.3, -0.25) is 4.79 Å². The van der Waals surface area contributed by atoms with Crippen LogP contribution in [0.25, 0.3) is 0 Å². The molecule has 0 aromatic rings. The topological polar surface area (TPSA) is 55.8 Å². The fourth-order valence-corrected chi connectivity index (χ4v) is 8.15. The number of rotatable bonds is 1. The summed E-state index contributed by atoms with van der Waals surface area (Å²) < 4.78 is 12.0. The third-order valence-corrected chi connectivity index (χ3v) is 9.35. The van der Waals surface area contributed by atoms with Crippen molar-refractivity contribution in [1.29, 1.82) is 0 Å². The maximum absolute atomic E-state index is 12.3. The zero-order valence-electron chi connectivity index (χ0n) is 17.0. The first-order valence-corrected chi connectivity index (χ1v) is 11.0. The molecule has 0 aromatic heterocycles. The molecule has 0 bridgehead atoms. The average Bonchev–Trinajstić information content (AvgIpc) is 3.19. The van der Waals surface area contributed by atoms with Crippen molar-refractivity contribution in [3.63, 3.8) is 0 Å². The fraction of sp³-hybridized carbons (Fsp3) is 0.870. The van der Waals surface area contributed by atoms with Gasteiger partial charge >= 0.3 is 0 Å². The predicted octanol–water partition coefficient (Wildman–Crippen LogP) is 3.87. The molecule has 4 heteroatoms. The van der Waals surface area contributed by atoms with Crippen molar-refractivity contribution in [3.8, 4) is 0 Å². The van der Waals surface area contributed by atoms with Crippen molar-refractivity contribution in [3.05, 3.63) is 11.6 Å². The number of ether oxygens (including phenoxy) is 2. The molecular weight excluding hydrogens is 340 g/mol. The molecule has 1 heterocycles. The largest absolute Gasteiger partial charge is 0.393 e. The van der Waals surface area contributed by atoms with Gasteiger partial charge in [0.15, 0.2) is 5.79 Å². The van der Waals surface area contributed by atoms with E-state index < -0.39 is 5.79 Å². The number of hydrogen-bond donors (Lipinski definition) is 1. The Bertz CT molecular complexity index is 678. The molecule has 3 saturated carbocycles. The van der Waals surface area contributed by atoms with Gasteiger partial charge in [0, 0.05) is 18.8 Å². The quantitative estimate of drug-likeness (QED) is 0.708. The number of hydrogen-bond acceptors (Lipinski definition) is 4. The summed E-state index contributed by atoms with van der Waals surface area (Å²) in [4.78, 5) is 12.3. The Hall–Kier alpha value is -0.710. The van der Waals surface area contributed by atoms with Crippen molar-refractivity contribution in [2.75, 3.05) is 13.2 Å². The number of allylic oxidation sites excluding steroid dienone is 1. The first-order valence-electron chi connectivity index (χ1n) is 11.0. The van der Waals surface area contributed by atoms with Crippen LogP contribution in [0.15, 0.2) is 11.6 Å². The van der Waals surface area contributed by atoms with E-state index in [1.54, 1.807) is 6.92 Å². The number of Topliss-reactive ketones (excluding diaryl/α,β-unsaturated/α-hetero) is 1. The second kappa shape index (κ2) is 5.90. The number of aliphatic hydroxyl groups excluding tert-OH is 1. The Morgan fingerprint density at radius 3 is 2.63 bits per heavy atom. The minimum Gasteiger partial charge on any atom is -0.393 e. The van der Waals surface area contributed by atoms with Crippen LogP contribution in [-0.4, -0.2) is 36.0 Å².